The zero-order chi connectivity index (χ0) is 23.3. The first-order valence-corrected chi connectivity index (χ1v) is 11.6. The molecule has 1 amide bonds. The fourth-order valence-electron chi connectivity index (χ4n) is 5.57. The molecular weight excluding hydrogens is 420 g/mol. The fraction of sp³-hybridized carbons (Fsp3) is 0.370. The SMILES string of the molecule is Cc1[nH]c(/C=C2\C(=O)Nc3cccc(C4=C(F)C(F)=CCC4)c32)c(C)c1C1CCN(C)CC1. The van der Waals surface area contributed by atoms with Gasteiger partial charge in [0.2, 0.25) is 0 Å². The molecule has 2 N–H and O–H groups in total. The molecule has 1 saturated heterocycles. The summed E-state index contributed by atoms with van der Waals surface area (Å²) >= 11 is 0. The zero-order valence-electron chi connectivity index (χ0n) is 19.3. The number of aromatic amines is 1. The molecule has 0 unspecified atom stereocenters. The third-order valence-corrected chi connectivity index (χ3v) is 7.29. The first-order chi connectivity index (χ1) is 15.8. The van der Waals surface area contributed by atoms with Gasteiger partial charge in [0, 0.05) is 22.6 Å². The number of fused-ring (bicyclic) bond motifs is 1. The van der Waals surface area contributed by atoms with Gasteiger partial charge in [0.15, 0.2) is 11.7 Å². The molecule has 33 heavy (non-hydrogen) atoms. The van der Waals surface area contributed by atoms with E-state index >= 15 is 0 Å². The number of nitrogens with one attached hydrogen (secondary N) is 2. The van der Waals surface area contributed by atoms with Crippen LogP contribution in [0.4, 0.5) is 14.5 Å². The smallest absolute Gasteiger partial charge is 0.256 e. The van der Waals surface area contributed by atoms with Gasteiger partial charge in [-0.25, -0.2) is 8.78 Å². The van der Waals surface area contributed by atoms with Crippen LogP contribution >= 0.6 is 0 Å². The van der Waals surface area contributed by atoms with Crippen LogP contribution in [-0.2, 0) is 4.79 Å². The molecule has 4 nitrogen and oxygen atoms in total. The van der Waals surface area contributed by atoms with Crippen LogP contribution in [0, 0.1) is 13.8 Å². The van der Waals surface area contributed by atoms with Gasteiger partial charge in [0.1, 0.15) is 0 Å². The molecule has 3 aliphatic rings. The molecule has 1 aromatic heterocycles. The summed E-state index contributed by atoms with van der Waals surface area (Å²) < 4.78 is 28.7. The molecule has 5 rings (SSSR count). The molecule has 0 saturated carbocycles. The van der Waals surface area contributed by atoms with Gasteiger partial charge in [-0.1, -0.05) is 12.1 Å². The van der Waals surface area contributed by atoms with Crippen molar-refractivity contribution in [3.8, 4) is 0 Å². The summed E-state index contributed by atoms with van der Waals surface area (Å²) in [5, 5.41) is 2.90. The van der Waals surface area contributed by atoms with E-state index < -0.39 is 11.7 Å². The van der Waals surface area contributed by atoms with Crippen LogP contribution in [0.5, 0.6) is 0 Å². The van der Waals surface area contributed by atoms with Crippen LogP contribution in [0.25, 0.3) is 17.2 Å². The van der Waals surface area contributed by atoms with Crippen molar-refractivity contribution in [1.82, 2.24) is 9.88 Å². The summed E-state index contributed by atoms with van der Waals surface area (Å²) in [4.78, 5) is 18.8. The topological polar surface area (TPSA) is 48.1 Å². The minimum Gasteiger partial charge on any atom is -0.359 e. The first kappa shape index (κ1) is 21.8. The number of nitrogens with zero attached hydrogens (tertiary/aromatic N) is 1. The van der Waals surface area contributed by atoms with E-state index in [9.17, 15) is 13.6 Å². The Morgan fingerprint density at radius 1 is 1.15 bits per heavy atom. The maximum Gasteiger partial charge on any atom is 0.256 e. The molecule has 0 bridgehead atoms. The Morgan fingerprint density at radius 2 is 1.91 bits per heavy atom. The largest absolute Gasteiger partial charge is 0.359 e. The highest BCUT2D eigenvalue weighted by molar-refractivity contribution is 6.35. The van der Waals surface area contributed by atoms with Crippen molar-refractivity contribution in [3.63, 3.8) is 0 Å². The van der Waals surface area contributed by atoms with E-state index in [-0.39, 0.29) is 5.91 Å². The highest BCUT2D eigenvalue weighted by Crippen LogP contribution is 2.43. The number of aromatic nitrogens is 1. The summed E-state index contributed by atoms with van der Waals surface area (Å²) in [5.41, 5.74) is 7.20. The molecule has 2 aliphatic heterocycles. The number of amides is 1. The first-order valence-electron chi connectivity index (χ1n) is 11.6. The number of carbonyl (C=O) groups is 1. The number of anilines is 1. The third kappa shape index (κ3) is 3.76. The molecule has 6 heteroatoms. The van der Waals surface area contributed by atoms with Gasteiger partial charge in [-0.15, -0.1) is 0 Å². The maximum atomic E-state index is 14.7. The van der Waals surface area contributed by atoms with E-state index in [0.29, 0.717) is 46.7 Å². The lowest BCUT2D eigenvalue weighted by molar-refractivity contribution is -0.110. The monoisotopic (exact) mass is 449 g/mol. The van der Waals surface area contributed by atoms with Gasteiger partial charge in [-0.2, -0.15) is 0 Å². The average molecular weight is 450 g/mol. The Labute approximate surface area is 193 Å². The van der Waals surface area contributed by atoms with E-state index in [1.165, 1.54) is 11.6 Å². The molecule has 0 atom stereocenters. The van der Waals surface area contributed by atoms with E-state index in [4.69, 9.17) is 0 Å². The molecule has 172 valence electrons. The Hall–Kier alpha value is -2.99. The van der Waals surface area contributed by atoms with Crippen LogP contribution in [0.3, 0.4) is 0 Å². The van der Waals surface area contributed by atoms with Gasteiger partial charge in [0.25, 0.3) is 5.91 Å². The lowest BCUT2D eigenvalue weighted by atomic mass is 9.86. The average Bonchev–Trinajstić information content (AvgIpc) is 3.26. The predicted octanol–water partition coefficient (Wildman–Crippen LogP) is 6.26. The number of piperidine rings is 1. The molecule has 3 heterocycles. The lowest BCUT2D eigenvalue weighted by Crippen LogP contribution is -2.29. The normalized spacial score (nSPS) is 20.9. The number of hydrogen-bond donors (Lipinski definition) is 2. The number of hydrogen-bond acceptors (Lipinski definition) is 2. The van der Waals surface area contributed by atoms with Crippen LogP contribution < -0.4 is 5.32 Å². The second-order valence-corrected chi connectivity index (χ2v) is 9.40. The van der Waals surface area contributed by atoms with Crippen molar-refractivity contribution in [2.75, 3.05) is 25.5 Å². The number of aryl methyl sites for hydroxylation is 1. The number of carbonyl (C=O) groups excluding carboxylic acids is 1. The molecule has 1 aromatic carbocycles. The number of H-pyrrole nitrogens is 1. The molecule has 1 aliphatic carbocycles. The number of rotatable bonds is 3. The Balaban J connectivity index is 1.59. The molecule has 0 spiro atoms. The van der Waals surface area contributed by atoms with Gasteiger partial charge in [-0.3, -0.25) is 4.79 Å². The quantitative estimate of drug-likeness (QED) is 0.543. The van der Waals surface area contributed by atoms with Crippen molar-refractivity contribution in [2.24, 2.45) is 0 Å². The minimum atomic E-state index is -0.829. The second-order valence-electron chi connectivity index (χ2n) is 9.40. The van der Waals surface area contributed by atoms with E-state index in [1.54, 1.807) is 12.1 Å². The van der Waals surface area contributed by atoms with Gasteiger partial charge >= 0.3 is 0 Å². The molecule has 2 aromatic rings. The van der Waals surface area contributed by atoms with Crippen molar-refractivity contribution in [1.29, 1.82) is 0 Å². The molecule has 1 fully saturated rings. The summed E-state index contributed by atoms with van der Waals surface area (Å²) in [5.74, 6) is -1.38. The molecular formula is C27H29F2N3O. The van der Waals surface area contributed by atoms with Gasteiger partial charge in [-0.05, 0) is 106 Å². The summed E-state index contributed by atoms with van der Waals surface area (Å²) in [6.45, 7) is 6.35. The third-order valence-electron chi connectivity index (χ3n) is 7.29. The minimum absolute atomic E-state index is 0.224. The highest BCUT2D eigenvalue weighted by Gasteiger charge is 2.31. The number of allylic oxidation sites excluding steroid dienone is 4. The van der Waals surface area contributed by atoms with Crippen LogP contribution in [-0.4, -0.2) is 35.9 Å². The van der Waals surface area contributed by atoms with Crippen LogP contribution in [0.1, 0.15) is 65.2 Å². The van der Waals surface area contributed by atoms with Crippen LogP contribution in [0.15, 0.2) is 35.9 Å². The number of benzene rings is 1. The zero-order valence-corrected chi connectivity index (χ0v) is 19.3. The maximum absolute atomic E-state index is 14.7. The van der Waals surface area contributed by atoms with Crippen molar-refractivity contribution >= 4 is 28.8 Å². The van der Waals surface area contributed by atoms with E-state index in [1.807, 2.05) is 12.1 Å². The Morgan fingerprint density at radius 3 is 2.67 bits per heavy atom. The Bertz CT molecular complexity index is 1230. The van der Waals surface area contributed by atoms with Gasteiger partial charge in [0.05, 0.1) is 5.57 Å². The molecule has 0 radical (unpaired) electrons. The number of likely N-dealkylation sites (tertiary alicyclic amines) is 1. The van der Waals surface area contributed by atoms with E-state index in [0.717, 1.165) is 42.9 Å². The Kier molecular flexibility index (Phi) is 5.57. The summed E-state index contributed by atoms with van der Waals surface area (Å²) in [6.07, 6.45) is 6.22. The van der Waals surface area contributed by atoms with Crippen LogP contribution in [0.2, 0.25) is 0 Å². The number of halogens is 2. The summed E-state index contributed by atoms with van der Waals surface area (Å²) in [6, 6.07) is 5.36. The van der Waals surface area contributed by atoms with E-state index in [2.05, 4.69) is 36.1 Å². The van der Waals surface area contributed by atoms with Gasteiger partial charge < -0.3 is 15.2 Å². The second kappa shape index (κ2) is 8.41. The standard InChI is InChI=1S/C27H29F2N3O/c1-15-23(30-16(2)24(15)17-10-12-32(3)13-11-17)14-20-25-18(6-5-9-22(25)31-27(20)33)19-7-4-8-21(28)26(19)29/h5-6,8-9,14,17,30H,4,7,10-13H2,1-3H3,(H,31,33)/b20-14-. The van der Waals surface area contributed by atoms with Crippen molar-refractivity contribution in [2.45, 2.75) is 45.4 Å². The predicted molar refractivity (Wildman–Crippen MR) is 129 cm³/mol. The van der Waals surface area contributed by atoms with Crippen molar-refractivity contribution < 1.29 is 13.6 Å². The highest BCUT2D eigenvalue weighted by atomic mass is 19.2. The van der Waals surface area contributed by atoms with Crippen molar-refractivity contribution in [3.05, 3.63) is 69.6 Å². The lowest BCUT2D eigenvalue weighted by Gasteiger charge is -2.29. The summed E-state index contributed by atoms with van der Waals surface area (Å²) in [7, 11) is 2.16. The fourth-order valence-corrected chi connectivity index (χ4v) is 5.57.